The lowest BCUT2D eigenvalue weighted by Gasteiger charge is -1.91. The normalized spacial score (nSPS) is 10.9. The summed E-state index contributed by atoms with van der Waals surface area (Å²) in [5.74, 6) is 0. The molecule has 2 rings (SSSR count). The number of aromatic nitrogens is 2. The Morgan fingerprint density at radius 2 is 2.33 bits per heavy atom. The summed E-state index contributed by atoms with van der Waals surface area (Å²) in [5, 5.41) is 1.67. The molecule has 0 spiro atoms. The summed E-state index contributed by atoms with van der Waals surface area (Å²) >= 11 is 9.43. The van der Waals surface area contributed by atoms with Crippen molar-refractivity contribution in [3.8, 4) is 0 Å². The molecule has 0 fully saturated rings. The molecule has 0 bridgehead atoms. The summed E-state index contributed by atoms with van der Waals surface area (Å²) in [6.45, 7) is 1.97. The number of aryl methyl sites for hydroxylation is 1. The van der Waals surface area contributed by atoms with Gasteiger partial charge < -0.3 is 4.98 Å². The Morgan fingerprint density at radius 3 is 3.00 bits per heavy atom. The van der Waals surface area contributed by atoms with E-state index in [9.17, 15) is 0 Å². The highest BCUT2D eigenvalue weighted by Crippen LogP contribution is 2.31. The standard InChI is InChI=1S/C8H6BrClN2/c1-4-7(9)6-5(10)2-3-11-8(6)12-4/h2-3H,1H3,(H,11,12). The van der Waals surface area contributed by atoms with Gasteiger partial charge in [-0.2, -0.15) is 0 Å². The van der Waals surface area contributed by atoms with Gasteiger partial charge in [-0.25, -0.2) is 4.98 Å². The van der Waals surface area contributed by atoms with Crippen molar-refractivity contribution in [1.82, 2.24) is 9.97 Å². The monoisotopic (exact) mass is 244 g/mol. The molecule has 0 saturated carbocycles. The van der Waals surface area contributed by atoms with Crippen LogP contribution in [0.4, 0.5) is 0 Å². The number of fused-ring (bicyclic) bond motifs is 1. The minimum atomic E-state index is 0.719. The molecule has 0 aliphatic carbocycles. The van der Waals surface area contributed by atoms with Gasteiger partial charge in [0.25, 0.3) is 0 Å². The zero-order valence-electron chi connectivity index (χ0n) is 6.36. The summed E-state index contributed by atoms with van der Waals surface area (Å²) in [6, 6.07) is 1.78. The van der Waals surface area contributed by atoms with Gasteiger partial charge in [0.2, 0.25) is 0 Å². The van der Waals surface area contributed by atoms with E-state index >= 15 is 0 Å². The summed E-state index contributed by atoms with van der Waals surface area (Å²) in [5.41, 5.74) is 1.87. The van der Waals surface area contributed by atoms with Crippen LogP contribution in [0.2, 0.25) is 5.02 Å². The highest BCUT2D eigenvalue weighted by molar-refractivity contribution is 9.10. The molecule has 0 aromatic carbocycles. The van der Waals surface area contributed by atoms with Crippen LogP contribution in [0.5, 0.6) is 0 Å². The van der Waals surface area contributed by atoms with Crippen LogP contribution in [0.1, 0.15) is 5.69 Å². The topological polar surface area (TPSA) is 28.7 Å². The van der Waals surface area contributed by atoms with E-state index in [4.69, 9.17) is 11.6 Å². The smallest absolute Gasteiger partial charge is 0.140 e. The molecule has 12 heavy (non-hydrogen) atoms. The molecular formula is C8H6BrClN2. The third-order valence-corrected chi connectivity index (χ3v) is 3.06. The lowest BCUT2D eigenvalue weighted by molar-refractivity contribution is 1.24. The van der Waals surface area contributed by atoms with E-state index in [1.807, 2.05) is 6.92 Å². The number of hydrogen-bond donors (Lipinski definition) is 1. The molecule has 0 unspecified atom stereocenters. The Labute approximate surface area is 83.1 Å². The average molecular weight is 246 g/mol. The molecule has 2 aromatic heterocycles. The number of aromatic amines is 1. The Kier molecular flexibility index (Phi) is 1.85. The Balaban J connectivity index is 2.97. The van der Waals surface area contributed by atoms with Crippen LogP contribution in [-0.2, 0) is 0 Å². The Bertz CT molecular complexity index is 436. The maximum absolute atomic E-state index is 5.99. The zero-order chi connectivity index (χ0) is 8.72. The number of hydrogen-bond acceptors (Lipinski definition) is 1. The minimum Gasteiger partial charge on any atom is -0.342 e. The van der Waals surface area contributed by atoms with Gasteiger partial charge >= 0.3 is 0 Å². The fraction of sp³-hybridized carbons (Fsp3) is 0.125. The van der Waals surface area contributed by atoms with E-state index in [1.54, 1.807) is 12.3 Å². The molecular weight excluding hydrogens is 239 g/mol. The maximum atomic E-state index is 5.99. The number of pyridine rings is 1. The van der Waals surface area contributed by atoms with Crippen molar-refractivity contribution in [1.29, 1.82) is 0 Å². The summed E-state index contributed by atoms with van der Waals surface area (Å²) in [7, 11) is 0. The summed E-state index contributed by atoms with van der Waals surface area (Å²) in [6.07, 6.45) is 1.69. The number of halogens is 2. The van der Waals surface area contributed by atoms with E-state index in [0.29, 0.717) is 0 Å². The van der Waals surface area contributed by atoms with Crippen molar-refractivity contribution in [3.05, 3.63) is 27.5 Å². The first-order valence-corrected chi connectivity index (χ1v) is 4.65. The third kappa shape index (κ3) is 1.04. The largest absolute Gasteiger partial charge is 0.342 e. The quantitative estimate of drug-likeness (QED) is 0.758. The van der Waals surface area contributed by atoms with Crippen molar-refractivity contribution < 1.29 is 0 Å². The van der Waals surface area contributed by atoms with Gasteiger partial charge in [0.1, 0.15) is 5.65 Å². The minimum absolute atomic E-state index is 0.719. The van der Waals surface area contributed by atoms with Crippen LogP contribution < -0.4 is 0 Å². The first-order valence-electron chi connectivity index (χ1n) is 3.48. The number of nitrogens with one attached hydrogen (secondary N) is 1. The van der Waals surface area contributed by atoms with Crippen LogP contribution in [0.15, 0.2) is 16.7 Å². The lowest BCUT2D eigenvalue weighted by Crippen LogP contribution is -1.74. The third-order valence-electron chi connectivity index (χ3n) is 1.75. The number of rotatable bonds is 0. The molecule has 0 aliphatic heterocycles. The van der Waals surface area contributed by atoms with Gasteiger partial charge in [0, 0.05) is 16.4 Å². The van der Waals surface area contributed by atoms with Crippen molar-refractivity contribution in [3.63, 3.8) is 0 Å². The molecule has 2 aromatic rings. The summed E-state index contributed by atoms with van der Waals surface area (Å²) in [4.78, 5) is 7.28. The van der Waals surface area contributed by atoms with Crippen LogP contribution in [0.25, 0.3) is 11.0 Å². The highest BCUT2D eigenvalue weighted by Gasteiger charge is 2.08. The average Bonchev–Trinajstić information content (AvgIpc) is 2.29. The maximum Gasteiger partial charge on any atom is 0.140 e. The second-order valence-electron chi connectivity index (χ2n) is 2.58. The molecule has 0 atom stereocenters. The van der Waals surface area contributed by atoms with E-state index in [2.05, 4.69) is 25.9 Å². The van der Waals surface area contributed by atoms with Crippen LogP contribution in [-0.4, -0.2) is 9.97 Å². The van der Waals surface area contributed by atoms with E-state index in [1.165, 1.54) is 0 Å². The number of nitrogens with zero attached hydrogens (tertiary/aromatic N) is 1. The first kappa shape index (κ1) is 8.08. The molecule has 1 N–H and O–H groups in total. The fourth-order valence-corrected chi connectivity index (χ4v) is 2.02. The second kappa shape index (κ2) is 2.75. The van der Waals surface area contributed by atoms with Gasteiger partial charge in [0.15, 0.2) is 0 Å². The summed E-state index contributed by atoms with van der Waals surface area (Å²) < 4.78 is 0.996. The van der Waals surface area contributed by atoms with E-state index in [0.717, 1.165) is 26.2 Å². The van der Waals surface area contributed by atoms with E-state index < -0.39 is 0 Å². The van der Waals surface area contributed by atoms with Crippen molar-refractivity contribution >= 4 is 38.6 Å². The molecule has 0 amide bonds. The molecule has 2 nitrogen and oxygen atoms in total. The van der Waals surface area contributed by atoms with Gasteiger partial charge in [-0.1, -0.05) is 11.6 Å². The molecule has 2 heterocycles. The zero-order valence-corrected chi connectivity index (χ0v) is 8.70. The highest BCUT2D eigenvalue weighted by atomic mass is 79.9. The Hall–Kier alpha value is -0.540. The van der Waals surface area contributed by atoms with Crippen LogP contribution in [0.3, 0.4) is 0 Å². The first-order chi connectivity index (χ1) is 5.70. The molecule has 0 radical (unpaired) electrons. The van der Waals surface area contributed by atoms with Crippen molar-refractivity contribution in [2.45, 2.75) is 6.92 Å². The lowest BCUT2D eigenvalue weighted by atomic mass is 10.3. The van der Waals surface area contributed by atoms with Crippen LogP contribution in [0, 0.1) is 6.92 Å². The predicted octanol–water partition coefficient (Wildman–Crippen LogP) is 3.29. The van der Waals surface area contributed by atoms with E-state index in [-0.39, 0.29) is 0 Å². The predicted molar refractivity (Wildman–Crippen MR) is 53.5 cm³/mol. The fourth-order valence-electron chi connectivity index (χ4n) is 1.16. The SMILES string of the molecule is Cc1[nH]c2nccc(Cl)c2c1Br. The molecule has 62 valence electrons. The van der Waals surface area contributed by atoms with Crippen molar-refractivity contribution in [2.24, 2.45) is 0 Å². The molecule has 4 heteroatoms. The van der Waals surface area contributed by atoms with Crippen molar-refractivity contribution in [2.75, 3.05) is 0 Å². The molecule has 0 aliphatic rings. The second-order valence-corrected chi connectivity index (χ2v) is 3.78. The number of H-pyrrole nitrogens is 1. The van der Waals surface area contributed by atoms with Gasteiger partial charge in [-0.05, 0) is 28.9 Å². The van der Waals surface area contributed by atoms with Gasteiger partial charge in [-0.3, -0.25) is 0 Å². The Morgan fingerprint density at radius 1 is 1.58 bits per heavy atom. The van der Waals surface area contributed by atoms with Crippen LogP contribution >= 0.6 is 27.5 Å². The van der Waals surface area contributed by atoms with Gasteiger partial charge in [-0.15, -0.1) is 0 Å². The van der Waals surface area contributed by atoms with Gasteiger partial charge in [0.05, 0.1) is 10.4 Å². The molecule has 0 saturated heterocycles.